The van der Waals surface area contributed by atoms with Crippen LogP contribution >= 0.6 is 0 Å². The monoisotopic (exact) mass is 192 g/mol. The summed E-state index contributed by atoms with van der Waals surface area (Å²) in [7, 11) is 0. The fourth-order valence-electron chi connectivity index (χ4n) is 0.702. The zero-order valence-corrected chi connectivity index (χ0v) is 6.04. The van der Waals surface area contributed by atoms with Gasteiger partial charge in [-0.3, -0.25) is 0 Å². The van der Waals surface area contributed by atoms with E-state index in [1.807, 2.05) is 0 Å². The van der Waals surface area contributed by atoms with Gasteiger partial charge in [-0.25, -0.2) is 14.8 Å². The summed E-state index contributed by atoms with van der Waals surface area (Å²) in [5.41, 5.74) is -2.57. The van der Waals surface area contributed by atoms with Crippen molar-refractivity contribution < 1.29 is 23.1 Å². The van der Waals surface area contributed by atoms with E-state index in [9.17, 15) is 18.0 Å². The Balaban J connectivity index is 3.28. The molecule has 0 bridgehead atoms. The molecule has 13 heavy (non-hydrogen) atoms. The highest BCUT2D eigenvalue weighted by molar-refractivity contribution is 5.86. The fraction of sp³-hybridized carbons (Fsp3) is 0.167. The van der Waals surface area contributed by atoms with Crippen LogP contribution in [0.15, 0.2) is 12.4 Å². The summed E-state index contributed by atoms with van der Waals surface area (Å²) in [6.07, 6.45) is -3.12. The summed E-state index contributed by atoms with van der Waals surface area (Å²) in [6, 6.07) is 0. The molecule has 0 unspecified atom stereocenters. The molecule has 0 aliphatic rings. The van der Waals surface area contributed by atoms with Crippen molar-refractivity contribution in [3.8, 4) is 0 Å². The molecule has 1 aromatic rings. The number of nitrogens with zero attached hydrogens (tertiary/aromatic N) is 2. The average molecular weight is 192 g/mol. The number of aromatic carboxylic acids is 1. The van der Waals surface area contributed by atoms with E-state index >= 15 is 0 Å². The van der Waals surface area contributed by atoms with Gasteiger partial charge in [0.15, 0.2) is 11.4 Å². The second kappa shape index (κ2) is 3.00. The number of hydrogen-bond acceptors (Lipinski definition) is 3. The highest BCUT2D eigenvalue weighted by Gasteiger charge is 2.37. The van der Waals surface area contributed by atoms with Crippen molar-refractivity contribution >= 4 is 5.97 Å². The van der Waals surface area contributed by atoms with Gasteiger partial charge in [0.05, 0.1) is 0 Å². The molecule has 0 aromatic carbocycles. The SMILES string of the molecule is O=C(O)c1nccnc1C(F)(F)F. The molecule has 70 valence electrons. The van der Waals surface area contributed by atoms with Crippen LogP contribution in [0.4, 0.5) is 13.2 Å². The standard InChI is InChI=1S/C6H3F3N2O2/c7-6(8,9)4-3(5(12)13)10-1-2-11-4/h1-2H,(H,12,13). The molecule has 1 aromatic heterocycles. The molecular weight excluding hydrogens is 189 g/mol. The van der Waals surface area contributed by atoms with Crippen LogP contribution in [0.3, 0.4) is 0 Å². The van der Waals surface area contributed by atoms with E-state index in [4.69, 9.17) is 5.11 Å². The quantitative estimate of drug-likeness (QED) is 0.725. The minimum atomic E-state index is -4.79. The largest absolute Gasteiger partial charge is 0.476 e. The zero-order valence-electron chi connectivity index (χ0n) is 6.04. The fourth-order valence-corrected chi connectivity index (χ4v) is 0.702. The van der Waals surface area contributed by atoms with Gasteiger partial charge in [0.1, 0.15) is 0 Å². The second-order valence-corrected chi connectivity index (χ2v) is 2.06. The Morgan fingerprint density at radius 2 is 1.85 bits per heavy atom. The zero-order chi connectivity index (χ0) is 10.1. The van der Waals surface area contributed by atoms with Gasteiger partial charge in [-0.2, -0.15) is 13.2 Å². The van der Waals surface area contributed by atoms with Gasteiger partial charge >= 0.3 is 12.1 Å². The normalized spacial score (nSPS) is 11.3. The highest BCUT2D eigenvalue weighted by atomic mass is 19.4. The van der Waals surface area contributed by atoms with E-state index in [1.165, 1.54) is 0 Å². The predicted molar refractivity (Wildman–Crippen MR) is 34.0 cm³/mol. The maximum absolute atomic E-state index is 12.0. The number of carboxylic acids is 1. The van der Waals surface area contributed by atoms with Crippen LogP contribution in [-0.4, -0.2) is 21.0 Å². The topological polar surface area (TPSA) is 63.1 Å². The van der Waals surface area contributed by atoms with Crippen LogP contribution in [0.25, 0.3) is 0 Å². The highest BCUT2D eigenvalue weighted by Crippen LogP contribution is 2.28. The van der Waals surface area contributed by atoms with Crippen molar-refractivity contribution in [1.82, 2.24) is 9.97 Å². The Morgan fingerprint density at radius 1 is 1.31 bits per heavy atom. The number of alkyl halides is 3. The van der Waals surface area contributed by atoms with Gasteiger partial charge in [0.2, 0.25) is 0 Å². The van der Waals surface area contributed by atoms with Gasteiger partial charge in [0.25, 0.3) is 0 Å². The van der Waals surface area contributed by atoms with Crippen LogP contribution in [-0.2, 0) is 6.18 Å². The molecule has 0 aliphatic carbocycles. The van der Waals surface area contributed by atoms with Gasteiger partial charge in [-0.05, 0) is 0 Å². The predicted octanol–water partition coefficient (Wildman–Crippen LogP) is 1.19. The molecule has 1 heterocycles. The number of halogens is 3. The molecule has 7 heteroatoms. The minimum absolute atomic E-state index is 0.787. The van der Waals surface area contributed by atoms with Gasteiger partial charge in [0, 0.05) is 12.4 Å². The lowest BCUT2D eigenvalue weighted by atomic mass is 10.3. The van der Waals surface area contributed by atoms with Crippen molar-refractivity contribution in [3.63, 3.8) is 0 Å². The second-order valence-electron chi connectivity index (χ2n) is 2.06. The molecule has 0 saturated heterocycles. The van der Waals surface area contributed by atoms with Crippen LogP contribution < -0.4 is 0 Å². The summed E-state index contributed by atoms with van der Waals surface area (Å²) in [5.74, 6) is -1.75. The molecule has 0 fully saturated rings. The van der Waals surface area contributed by atoms with Crippen LogP contribution in [0.2, 0.25) is 0 Å². The lowest BCUT2D eigenvalue weighted by molar-refractivity contribution is -0.142. The summed E-state index contributed by atoms with van der Waals surface area (Å²) in [5, 5.41) is 8.33. The van der Waals surface area contributed by atoms with Crippen molar-refractivity contribution in [2.75, 3.05) is 0 Å². The molecular formula is C6H3F3N2O2. The van der Waals surface area contributed by atoms with E-state index in [0.29, 0.717) is 0 Å². The lowest BCUT2D eigenvalue weighted by Gasteiger charge is -2.06. The third kappa shape index (κ3) is 1.92. The lowest BCUT2D eigenvalue weighted by Crippen LogP contribution is -2.16. The first-order valence-electron chi connectivity index (χ1n) is 3.04. The molecule has 0 radical (unpaired) electrons. The van der Waals surface area contributed by atoms with Gasteiger partial charge in [-0.1, -0.05) is 0 Å². The van der Waals surface area contributed by atoms with E-state index in [1.54, 1.807) is 0 Å². The smallest absolute Gasteiger partial charge is 0.435 e. The first-order chi connectivity index (χ1) is 5.93. The van der Waals surface area contributed by atoms with Crippen molar-refractivity contribution in [1.29, 1.82) is 0 Å². The molecule has 1 N–H and O–H groups in total. The van der Waals surface area contributed by atoms with E-state index in [-0.39, 0.29) is 0 Å². The Bertz CT molecular complexity index is 337. The minimum Gasteiger partial charge on any atom is -0.476 e. The number of aromatic nitrogens is 2. The molecule has 1 rings (SSSR count). The first-order valence-corrected chi connectivity index (χ1v) is 3.04. The third-order valence-corrected chi connectivity index (χ3v) is 1.17. The van der Waals surface area contributed by atoms with Gasteiger partial charge in [-0.15, -0.1) is 0 Å². The third-order valence-electron chi connectivity index (χ3n) is 1.17. The first kappa shape index (κ1) is 9.43. The maximum Gasteiger partial charge on any atom is 0.435 e. The molecule has 0 amide bonds. The van der Waals surface area contributed by atoms with E-state index in [0.717, 1.165) is 12.4 Å². The Hall–Kier alpha value is -1.66. The summed E-state index contributed by atoms with van der Waals surface area (Å²) >= 11 is 0. The Labute approximate surface area is 70.1 Å². The molecule has 0 atom stereocenters. The summed E-state index contributed by atoms with van der Waals surface area (Å²) in [4.78, 5) is 16.2. The number of hydrogen-bond donors (Lipinski definition) is 1. The van der Waals surface area contributed by atoms with Gasteiger partial charge < -0.3 is 5.11 Å². The Morgan fingerprint density at radius 3 is 2.23 bits per heavy atom. The average Bonchev–Trinajstić information content (AvgIpc) is 2.03. The van der Waals surface area contributed by atoms with Crippen molar-refractivity contribution in [3.05, 3.63) is 23.8 Å². The summed E-state index contributed by atoms with van der Waals surface area (Å²) < 4.78 is 36.1. The molecule has 0 spiro atoms. The molecule has 4 nitrogen and oxygen atoms in total. The van der Waals surface area contributed by atoms with E-state index in [2.05, 4.69) is 9.97 Å². The van der Waals surface area contributed by atoms with Crippen LogP contribution in [0.5, 0.6) is 0 Å². The maximum atomic E-state index is 12.0. The summed E-state index contributed by atoms with van der Waals surface area (Å²) in [6.45, 7) is 0. The van der Waals surface area contributed by atoms with Crippen molar-refractivity contribution in [2.45, 2.75) is 6.18 Å². The number of carboxylic acid groups (broad SMARTS) is 1. The Kier molecular flexibility index (Phi) is 2.18. The van der Waals surface area contributed by atoms with Crippen molar-refractivity contribution in [2.24, 2.45) is 0 Å². The molecule has 0 aliphatic heterocycles. The van der Waals surface area contributed by atoms with Crippen LogP contribution in [0.1, 0.15) is 16.2 Å². The number of carbonyl (C=O) groups is 1. The van der Waals surface area contributed by atoms with Crippen LogP contribution in [0, 0.1) is 0 Å². The number of rotatable bonds is 1. The molecule has 0 saturated carbocycles. The van der Waals surface area contributed by atoms with E-state index < -0.39 is 23.5 Å².